The monoisotopic (exact) mass is 290 g/mol. The molecule has 0 radical (unpaired) electrons. The second-order valence-electron chi connectivity index (χ2n) is 3.94. The number of aryl methyl sites for hydroxylation is 1. The Bertz CT molecular complexity index is 696. The molecule has 3 rings (SSSR count). The highest BCUT2D eigenvalue weighted by molar-refractivity contribution is 9.10. The maximum absolute atomic E-state index is 5.71. The Labute approximate surface area is 107 Å². The van der Waals surface area contributed by atoms with Gasteiger partial charge in [0.05, 0.1) is 5.69 Å². The zero-order chi connectivity index (χ0) is 12.0. The number of hydrogen-bond acceptors (Lipinski definition) is 2. The molecule has 3 aromatic rings. The molecule has 0 aliphatic rings. The molecule has 0 saturated heterocycles. The second kappa shape index (κ2) is 3.63. The van der Waals surface area contributed by atoms with E-state index in [1.807, 2.05) is 37.5 Å². The zero-order valence-electron chi connectivity index (χ0n) is 9.24. The number of nitrogens with one attached hydrogen (secondary N) is 1. The van der Waals surface area contributed by atoms with Gasteiger partial charge in [-0.25, -0.2) is 0 Å². The van der Waals surface area contributed by atoms with E-state index in [0.717, 1.165) is 26.6 Å². The molecular weight excluding hydrogens is 280 g/mol. The molecule has 0 aliphatic carbocycles. The molecule has 3 N–H and O–H groups in total. The Kier molecular flexibility index (Phi) is 2.22. The topological polar surface area (TPSA) is 59.6 Å². The molecule has 0 fully saturated rings. The lowest BCUT2D eigenvalue weighted by molar-refractivity contribution is 0.781. The van der Waals surface area contributed by atoms with Crippen molar-refractivity contribution in [2.75, 3.05) is 5.73 Å². The Morgan fingerprint density at radius 3 is 2.94 bits per heavy atom. The summed E-state index contributed by atoms with van der Waals surface area (Å²) in [6.45, 7) is 0. The number of aromatic nitrogens is 3. The number of rotatable bonds is 1. The van der Waals surface area contributed by atoms with Crippen LogP contribution in [0.4, 0.5) is 5.82 Å². The summed E-state index contributed by atoms with van der Waals surface area (Å²) >= 11 is 3.57. The molecule has 0 amide bonds. The molecular formula is C12H11BrN4. The fourth-order valence-electron chi connectivity index (χ4n) is 2.08. The van der Waals surface area contributed by atoms with Crippen molar-refractivity contribution in [3.05, 3.63) is 34.9 Å². The minimum atomic E-state index is 0.531. The van der Waals surface area contributed by atoms with Crippen molar-refractivity contribution < 1.29 is 0 Å². The van der Waals surface area contributed by atoms with Crippen molar-refractivity contribution in [1.82, 2.24) is 14.8 Å². The molecule has 4 nitrogen and oxygen atoms in total. The van der Waals surface area contributed by atoms with Crippen LogP contribution in [-0.4, -0.2) is 14.8 Å². The van der Waals surface area contributed by atoms with Crippen LogP contribution in [0.2, 0.25) is 0 Å². The van der Waals surface area contributed by atoms with E-state index in [1.54, 1.807) is 4.68 Å². The van der Waals surface area contributed by atoms with Gasteiger partial charge >= 0.3 is 0 Å². The smallest absolute Gasteiger partial charge is 0.146 e. The van der Waals surface area contributed by atoms with Crippen LogP contribution >= 0.6 is 15.9 Å². The molecule has 0 aliphatic heterocycles. The van der Waals surface area contributed by atoms with Crippen LogP contribution in [-0.2, 0) is 7.05 Å². The predicted octanol–water partition coefficient (Wildman–Crippen LogP) is 2.91. The number of benzene rings is 1. The summed E-state index contributed by atoms with van der Waals surface area (Å²) in [5.74, 6) is 0.531. The maximum Gasteiger partial charge on any atom is 0.146 e. The van der Waals surface area contributed by atoms with E-state index in [9.17, 15) is 0 Å². The molecule has 2 aromatic heterocycles. The predicted molar refractivity (Wildman–Crippen MR) is 72.6 cm³/mol. The molecule has 1 aromatic carbocycles. The molecule has 5 heteroatoms. The number of aromatic amines is 1. The highest BCUT2D eigenvalue weighted by Crippen LogP contribution is 2.34. The largest absolute Gasteiger partial charge is 0.382 e. The van der Waals surface area contributed by atoms with Gasteiger partial charge in [-0.2, -0.15) is 5.10 Å². The molecule has 0 bridgehead atoms. The van der Waals surface area contributed by atoms with E-state index in [2.05, 4.69) is 26.0 Å². The van der Waals surface area contributed by atoms with Gasteiger partial charge in [-0.15, -0.1) is 0 Å². The number of nitrogens with two attached hydrogens (primary N) is 1. The average Bonchev–Trinajstić information content (AvgIpc) is 2.83. The first kappa shape index (κ1) is 10.4. The number of nitrogens with zero attached hydrogens (tertiary/aromatic N) is 2. The van der Waals surface area contributed by atoms with Gasteiger partial charge in [-0.05, 0) is 12.1 Å². The van der Waals surface area contributed by atoms with Gasteiger partial charge in [0.25, 0.3) is 0 Å². The SMILES string of the molecule is Cn1nc(N)cc1-c1c[nH]c2cccc(Br)c12. The lowest BCUT2D eigenvalue weighted by Crippen LogP contribution is -1.94. The summed E-state index contributed by atoms with van der Waals surface area (Å²) in [5, 5.41) is 5.32. The van der Waals surface area contributed by atoms with E-state index >= 15 is 0 Å². The second-order valence-corrected chi connectivity index (χ2v) is 4.80. The maximum atomic E-state index is 5.71. The summed E-state index contributed by atoms with van der Waals surface area (Å²) in [6, 6.07) is 7.95. The molecule has 2 heterocycles. The van der Waals surface area contributed by atoms with Gasteiger partial charge in [0.2, 0.25) is 0 Å². The number of H-pyrrole nitrogens is 1. The van der Waals surface area contributed by atoms with Crippen LogP contribution < -0.4 is 5.73 Å². The van der Waals surface area contributed by atoms with E-state index in [1.165, 1.54) is 0 Å². The van der Waals surface area contributed by atoms with Crippen molar-refractivity contribution in [1.29, 1.82) is 0 Å². The first-order valence-corrected chi connectivity index (χ1v) is 6.01. The van der Waals surface area contributed by atoms with Crippen molar-refractivity contribution in [3.63, 3.8) is 0 Å². The standard InChI is InChI=1S/C12H11BrN4/c1-17-10(5-11(14)16-17)7-6-15-9-4-2-3-8(13)12(7)9/h2-6,15H,1H3,(H2,14,16). The fourth-order valence-corrected chi connectivity index (χ4v) is 2.66. The van der Waals surface area contributed by atoms with Crippen LogP contribution in [0.3, 0.4) is 0 Å². The Morgan fingerprint density at radius 1 is 1.41 bits per heavy atom. The Balaban J connectivity index is 2.35. The first-order chi connectivity index (χ1) is 8.16. The minimum Gasteiger partial charge on any atom is -0.382 e. The molecule has 0 unspecified atom stereocenters. The van der Waals surface area contributed by atoms with Crippen LogP contribution in [0.25, 0.3) is 22.2 Å². The third-order valence-electron chi connectivity index (χ3n) is 2.83. The van der Waals surface area contributed by atoms with E-state index in [4.69, 9.17) is 5.73 Å². The fraction of sp³-hybridized carbons (Fsp3) is 0.0833. The molecule has 0 spiro atoms. The normalized spacial score (nSPS) is 11.2. The zero-order valence-corrected chi connectivity index (χ0v) is 10.8. The van der Waals surface area contributed by atoms with Crippen molar-refractivity contribution >= 4 is 32.7 Å². The van der Waals surface area contributed by atoms with Gasteiger partial charge in [0, 0.05) is 40.2 Å². The van der Waals surface area contributed by atoms with Crippen molar-refractivity contribution in [2.24, 2.45) is 7.05 Å². The van der Waals surface area contributed by atoms with Crippen LogP contribution in [0.1, 0.15) is 0 Å². The highest BCUT2D eigenvalue weighted by Gasteiger charge is 2.12. The highest BCUT2D eigenvalue weighted by atomic mass is 79.9. The number of nitrogen functional groups attached to an aromatic ring is 1. The number of halogens is 1. The molecule has 17 heavy (non-hydrogen) atoms. The number of fused-ring (bicyclic) bond motifs is 1. The van der Waals surface area contributed by atoms with E-state index in [-0.39, 0.29) is 0 Å². The first-order valence-electron chi connectivity index (χ1n) is 5.22. The molecule has 86 valence electrons. The molecule has 0 atom stereocenters. The van der Waals surface area contributed by atoms with Crippen molar-refractivity contribution in [3.8, 4) is 11.3 Å². The lowest BCUT2D eigenvalue weighted by Gasteiger charge is -2.01. The van der Waals surface area contributed by atoms with Gasteiger partial charge in [-0.1, -0.05) is 22.0 Å². The minimum absolute atomic E-state index is 0.531. The van der Waals surface area contributed by atoms with Crippen molar-refractivity contribution in [2.45, 2.75) is 0 Å². The quantitative estimate of drug-likeness (QED) is 0.724. The van der Waals surface area contributed by atoms with Crippen LogP contribution in [0.15, 0.2) is 34.9 Å². The van der Waals surface area contributed by atoms with Gasteiger partial charge in [0.15, 0.2) is 0 Å². The number of hydrogen-bond donors (Lipinski definition) is 2. The summed E-state index contributed by atoms with van der Waals surface area (Å²) < 4.78 is 2.85. The number of anilines is 1. The summed E-state index contributed by atoms with van der Waals surface area (Å²) in [4.78, 5) is 3.25. The summed E-state index contributed by atoms with van der Waals surface area (Å²) in [5.41, 5.74) is 8.90. The van der Waals surface area contributed by atoms with Gasteiger partial charge in [-0.3, -0.25) is 4.68 Å². The van der Waals surface area contributed by atoms with E-state index in [0.29, 0.717) is 5.82 Å². The average molecular weight is 291 g/mol. The van der Waals surface area contributed by atoms with Gasteiger partial charge in [0.1, 0.15) is 5.82 Å². The Hall–Kier alpha value is -1.75. The third kappa shape index (κ3) is 1.54. The van der Waals surface area contributed by atoms with Crippen LogP contribution in [0.5, 0.6) is 0 Å². The summed E-state index contributed by atoms with van der Waals surface area (Å²) in [6.07, 6.45) is 1.98. The van der Waals surface area contributed by atoms with Gasteiger partial charge < -0.3 is 10.7 Å². The Morgan fingerprint density at radius 2 is 2.24 bits per heavy atom. The molecule has 0 saturated carbocycles. The van der Waals surface area contributed by atoms with Crippen LogP contribution in [0, 0.1) is 0 Å². The lowest BCUT2D eigenvalue weighted by atomic mass is 10.1. The summed E-state index contributed by atoms with van der Waals surface area (Å²) in [7, 11) is 1.89. The van der Waals surface area contributed by atoms with E-state index < -0.39 is 0 Å². The third-order valence-corrected chi connectivity index (χ3v) is 3.49.